The maximum Gasteiger partial charge on any atom is 0.422 e. The number of halogens is 3. The van der Waals surface area contributed by atoms with E-state index in [0.29, 0.717) is 0 Å². The fourth-order valence-corrected chi connectivity index (χ4v) is 3.60. The van der Waals surface area contributed by atoms with Crippen molar-refractivity contribution < 1.29 is 45.4 Å². The zero-order chi connectivity index (χ0) is 22.5. The van der Waals surface area contributed by atoms with Gasteiger partial charge in [0.1, 0.15) is 10.6 Å². The number of anilines is 1. The average molecular weight is 447 g/mol. The van der Waals surface area contributed by atoms with E-state index >= 15 is 0 Å². The van der Waals surface area contributed by atoms with E-state index in [9.17, 15) is 31.2 Å². The van der Waals surface area contributed by atoms with Crippen molar-refractivity contribution in [1.29, 1.82) is 0 Å². The molecule has 0 heterocycles. The van der Waals surface area contributed by atoms with Gasteiger partial charge in [0.2, 0.25) is 0 Å². The van der Waals surface area contributed by atoms with Gasteiger partial charge in [-0.25, -0.2) is 18.0 Å². The highest BCUT2D eigenvalue weighted by atomic mass is 32.2. The number of hydrogen-bond acceptors (Lipinski definition) is 7. The first-order valence-corrected chi connectivity index (χ1v) is 9.59. The molecule has 162 valence electrons. The number of benzene rings is 2. The van der Waals surface area contributed by atoms with E-state index in [-0.39, 0.29) is 17.0 Å². The summed E-state index contributed by atoms with van der Waals surface area (Å²) in [6.07, 6.45) is -4.64. The molecule has 0 aliphatic carbocycles. The van der Waals surface area contributed by atoms with Crippen LogP contribution in [-0.2, 0) is 19.5 Å². The molecule has 8 nitrogen and oxygen atoms in total. The van der Waals surface area contributed by atoms with E-state index < -0.39 is 45.2 Å². The molecule has 0 aliphatic heterocycles. The van der Waals surface area contributed by atoms with Gasteiger partial charge in [0.15, 0.2) is 6.61 Å². The number of methoxy groups -OCH3 is 2. The number of sulfonamides is 1. The minimum Gasteiger partial charge on any atom is -0.482 e. The van der Waals surface area contributed by atoms with Gasteiger partial charge in [-0.15, -0.1) is 0 Å². The van der Waals surface area contributed by atoms with Gasteiger partial charge in [0.05, 0.1) is 31.0 Å². The summed E-state index contributed by atoms with van der Waals surface area (Å²) in [6.45, 7) is -1.64. The van der Waals surface area contributed by atoms with Crippen molar-refractivity contribution in [2.45, 2.75) is 11.1 Å². The molecule has 0 spiro atoms. The number of para-hydroxylation sites is 2. The van der Waals surface area contributed by atoms with Crippen molar-refractivity contribution in [2.24, 2.45) is 0 Å². The number of alkyl halides is 3. The molecule has 30 heavy (non-hydrogen) atoms. The summed E-state index contributed by atoms with van der Waals surface area (Å²) in [7, 11) is -2.45. The van der Waals surface area contributed by atoms with Gasteiger partial charge in [-0.2, -0.15) is 13.2 Å². The molecular formula is C18H16F3NO7S. The van der Waals surface area contributed by atoms with Gasteiger partial charge in [-0.05, 0) is 30.3 Å². The van der Waals surface area contributed by atoms with Crippen LogP contribution in [0.15, 0.2) is 47.4 Å². The summed E-state index contributed by atoms with van der Waals surface area (Å²) < 4.78 is 79.0. The van der Waals surface area contributed by atoms with Crippen LogP contribution in [0.2, 0.25) is 0 Å². The highest BCUT2D eigenvalue weighted by Gasteiger charge is 2.30. The summed E-state index contributed by atoms with van der Waals surface area (Å²) in [6, 6.07) is 8.13. The molecule has 1 N–H and O–H groups in total. The normalized spacial score (nSPS) is 11.5. The molecule has 0 atom stereocenters. The van der Waals surface area contributed by atoms with Crippen LogP contribution < -0.4 is 9.46 Å². The third-order valence-corrected chi connectivity index (χ3v) is 5.03. The van der Waals surface area contributed by atoms with Crippen molar-refractivity contribution in [3.8, 4) is 5.75 Å². The van der Waals surface area contributed by atoms with Gasteiger partial charge in [0.25, 0.3) is 10.0 Å². The molecular weight excluding hydrogens is 431 g/mol. The van der Waals surface area contributed by atoms with Crippen molar-refractivity contribution in [1.82, 2.24) is 0 Å². The highest BCUT2D eigenvalue weighted by Crippen LogP contribution is 2.30. The molecule has 0 aliphatic rings. The number of esters is 2. The van der Waals surface area contributed by atoms with Crippen molar-refractivity contribution >= 4 is 27.6 Å². The summed E-state index contributed by atoms with van der Waals surface area (Å²) in [5.74, 6) is -2.26. The third kappa shape index (κ3) is 5.63. The van der Waals surface area contributed by atoms with E-state index in [2.05, 4.69) is 18.9 Å². The molecule has 0 saturated heterocycles. The molecule has 0 bridgehead atoms. The number of carbonyl (C=O) groups is 2. The summed E-state index contributed by atoms with van der Waals surface area (Å²) >= 11 is 0. The standard InChI is InChI=1S/C18H16F3NO7S/c1-27-16(23)11-7-8-12(17(24)28-2)15(9-11)30(25,26)22-13-5-3-4-6-14(13)29-10-18(19,20)21/h3-9,22H,10H2,1-2H3. The van der Waals surface area contributed by atoms with Crippen molar-refractivity contribution in [2.75, 3.05) is 25.5 Å². The van der Waals surface area contributed by atoms with Crippen molar-refractivity contribution in [3.63, 3.8) is 0 Å². The van der Waals surface area contributed by atoms with Crippen LogP contribution in [0.5, 0.6) is 5.75 Å². The lowest BCUT2D eigenvalue weighted by Crippen LogP contribution is -2.21. The summed E-state index contributed by atoms with van der Waals surface area (Å²) in [5, 5.41) is 0. The first kappa shape index (κ1) is 23.0. The number of carbonyl (C=O) groups excluding carboxylic acids is 2. The Morgan fingerprint density at radius 2 is 1.63 bits per heavy atom. The topological polar surface area (TPSA) is 108 Å². The SMILES string of the molecule is COC(=O)c1ccc(C(=O)OC)c(S(=O)(=O)Nc2ccccc2OCC(F)(F)F)c1. The number of rotatable bonds is 7. The summed E-state index contributed by atoms with van der Waals surface area (Å²) in [4.78, 5) is 23.1. The minimum absolute atomic E-state index is 0.174. The first-order chi connectivity index (χ1) is 14.0. The maximum atomic E-state index is 12.9. The Morgan fingerprint density at radius 3 is 2.23 bits per heavy atom. The lowest BCUT2D eigenvalue weighted by Gasteiger charge is -2.16. The minimum atomic E-state index is -4.64. The monoisotopic (exact) mass is 447 g/mol. The molecule has 0 unspecified atom stereocenters. The van der Waals surface area contributed by atoms with Crippen LogP contribution in [0, 0.1) is 0 Å². The van der Waals surface area contributed by atoms with E-state index in [1.807, 2.05) is 0 Å². The number of nitrogens with one attached hydrogen (secondary N) is 1. The molecule has 12 heteroatoms. The van der Waals surface area contributed by atoms with Gasteiger partial charge in [-0.1, -0.05) is 12.1 Å². The lowest BCUT2D eigenvalue weighted by atomic mass is 10.1. The second-order valence-corrected chi connectivity index (χ2v) is 7.35. The molecule has 2 aromatic rings. The van der Waals surface area contributed by atoms with Gasteiger partial charge < -0.3 is 14.2 Å². The van der Waals surface area contributed by atoms with Crippen LogP contribution in [0.1, 0.15) is 20.7 Å². The molecule has 0 amide bonds. The van der Waals surface area contributed by atoms with E-state index in [1.165, 1.54) is 18.2 Å². The van der Waals surface area contributed by atoms with E-state index in [0.717, 1.165) is 38.5 Å². The zero-order valence-corrected chi connectivity index (χ0v) is 16.5. The average Bonchev–Trinajstić information content (AvgIpc) is 2.70. The highest BCUT2D eigenvalue weighted by molar-refractivity contribution is 7.92. The predicted octanol–water partition coefficient (Wildman–Crippen LogP) is 3.00. The van der Waals surface area contributed by atoms with Gasteiger partial charge >= 0.3 is 18.1 Å². The third-order valence-electron chi connectivity index (χ3n) is 3.62. The zero-order valence-electron chi connectivity index (χ0n) is 15.6. The molecule has 0 aromatic heterocycles. The molecule has 0 radical (unpaired) electrons. The number of ether oxygens (including phenoxy) is 3. The second kappa shape index (κ2) is 9.03. The quantitative estimate of drug-likeness (QED) is 0.650. The van der Waals surface area contributed by atoms with Crippen LogP contribution in [0.25, 0.3) is 0 Å². The molecule has 2 rings (SSSR count). The van der Waals surface area contributed by atoms with E-state index in [4.69, 9.17) is 0 Å². The van der Waals surface area contributed by atoms with Crippen LogP contribution in [0.3, 0.4) is 0 Å². The Labute approximate surface area is 169 Å². The number of hydrogen-bond donors (Lipinski definition) is 1. The Hall–Kier alpha value is -3.28. The maximum absolute atomic E-state index is 12.9. The Morgan fingerprint density at radius 1 is 1.00 bits per heavy atom. The summed E-state index contributed by atoms with van der Waals surface area (Å²) in [5.41, 5.74) is -0.875. The lowest BCUT2D eigenvalue weighted by molar-refractivity contribution is -0.153. The fourth-order valence-electron chi connectivity index (χ4n) is 2.30. The van der Waals surface area contributed by atoms with Gasteiger partial charge in [0, 0.05) is 0 Å². The smallest absolute Gasteiger partial charge is 0.422 e. The van der Waals surface area contributed by atoms with Crippen LogP contribution >= 0.6 is 0 Å². The second-order valence-electron chi connectivity index (χ2n) is 5.70. The van der Waals surface area contributed by atoms with E-state index in [1.54, 1.807) is 0 Å². The Balaban J connectivity index is 2.49. The van der Waals surface area contributed by atoms with Crippen LogP contribution in [0.4, 0.5) is 18.9 Å². The molecule has 0 fully saturated rings. The predicted molar refractivity (Wildman–Crippen MR) is 97.9 cm³/mol. The molecule has 0 saturated carbocycles. The molecule has 2 aromatic carbocycles. The van der Waals surface area contributed by atoms with Crippen molar-refractivity contribution in [3.05, 3.63) is 53.6 Å². The Bertz CT molecular complexity index is 1050. The Kier molecular flexibility index (Phi) is 6.92. The van der Waals surface area contributed by atoms with Gasteiger partial charge in [-0.3, -0.25) is 4.72 Å². The fraction of sp³-hybridized carbons (Fsp3) is 0.222. The largest absolute Gasteiger partial charge is 0.482 e. The first-order valence-electron chi connectivity index (χ1n) is 8.10. The van der Waals surface area contributed by atoms with Crippen LogP contribution in [-0.4, -0.2) is 47.4 Å².